The van der Waals surface area contributed by atoms with Gasteiger partial charge in [-0.2, -0.15) is 0 Å². The Labute approximate surface area is 101 Å². The van der Waals surface area contributed by atoms with E-state index in [2.05, 4.69) is 4.90 Å². The van der Waals surface area contributed by atoms with Crippen LogP contribution in [0.3, 0.4) is 0 Å². The molecule has 2 N–H and O–H groups in total. The molecule has 0 aromatic heterocycles. The molecule has 1 aliphatic heterocycles. The second-order valence-corrected chi connectivity index (χ2v) is 5.65. The average molecular weight is 256 g/mol. The molecule has 1 aromatic carbocycles. The maximum absolute atomic E-state index is 11.2. The third-order valence-electron chi connectivity index (χ3n) is 2.70. The van der Waals surface area contributed by atoms with Crippen molar-refractivity contribution in [2.24, 2.45) is 5.14 Å². The normalized spacial score (nSPS) is 17.1. The first-order chi connectivity index (χ1) is 8.06. The van der Waals surface area contributed by atoms with Crippen LogP contribution in [0.2, 0.25) is 0 Å². The highest BCUT2D eigenvalue weighted by atomic mass is 32.2. The summed E-state index contributed by atoms with van der Waals surface area (Å²) in [4.78, 5) is 2.13. The molecule has 0 spiro atoms. The number of rotatable bonds is 3. The van der Waals surface area contributed by atoms with Gasteiger partial charge in [0.25, 0.3) is 0 Å². The predicted octanol–water partition coefficient (Wildman–Crippen LogP) is 0.312. The molecule has 6 heteroatoms. The summed E-state index contributed by atoms with van der Waals surface area (Å²) in [6.45, 7) is 2.90. The Bertz CT molecular complexity index is 481. The monoisotopic (exact) mass is 256 g/mol. The summed E-state index contributed by atoms with van der Waals surface area (Å²) in [6, 6.07) is 7.45. The predicted molar refractivity (Wildman–Crippen MR) is 66.3 cm³/mol. The molecule has 5 nitrogen and oxygen atoms in total. The van der Waals surface area contributed by atoms with E-state index in [-0.39, 0.29) is 5.75 Å². The van der Waals surface area contributed by atoms with Crippen molar-refractivity contribution in [1.82, 2.24) is 0 Å². The fourth-order valence-electron chi connectivity index (χ4n) is 1.96. The quantitative estimate of drug-likeness (QED) is 0.845. The number of nitrogens with zero attached hydrogens (tertiary/aromatic N) is 1. The van der Waals surface area contributed by atoms with Gasteiger partial charge in [0, 0.05) is 18.8 Å². The molecule has 1 heterocycles. The van der Waals surface area contributed by atoms with E-state index in [1.165, 1.54) is 0 Å². The molecule has 2 rings (SSSR count). The standard InChI is InChI=1S/C11H16N2O3S/c12-17(14,15)9-10-3-1-2-4-11(10)13-5-7-16-8-6-13/h1-4H,5-9H2,(H2,12,14,15). The number of morpholine rings is 1. The molecule has 0 amide bonds. The number of anilines is 1. The molecule has 1 aliphatic rings. The summed E-state index contributed by atoms with van der Waals surface area (Å²) >= 11 is 0. The van der Waals surface area contributed by atoms with Gasteiger partial charge in [-0.25, -0.2) is 13.6 Å². The Hall–Kier alpha value is -1.11. The number of hydrogen-bond acceptors (Lipinski definition) is 4. The summed E-state index contributed by atoms with van der Waals surface area (Å²) in [5, 5.41) is 5.09. The average Bonchev–Trinajstić information content (AvgIpc) is 2.29. The molecule has 0 saturated carbocycles. The molecular weight excluding hydrogens is 240 g/mol. The minimum Gasteiger partial charge on any atom is -0.378 e. The van der Waals surface area contributed by atoms with Crippen LogP contribution in [0.5, 0.6) is 0 Å². The Kier molecular flexibility index (Phi) is 3.66. The highest BCUT2D eigenvalue weighted by Gasteiger charge is 2.16. The van der Waals surface area contributed by atoms with E-state index >= 15 is 0 Å². The van der Waals surface area contributed by atoms with Crippen LogP contribution in [0.4, 0.5) is 5.69 Å². The maximum Gasteiger partial charge on any atom is 0.213 e. The molecule has 1 fully saturated rings. The zero-order valence-corrected chi connectivity index (χ0v) is 10.3. The summed E-state index contributed by atoms with van der Waals surface area (Å²) in [6.07, 6.45) is 0. The molecule has 17 heavy (non-hydrogen) atoms. The molecule has 0 atom stereocenters. The van der Waals surface area contributed by atoms with Gasteiger partial charge in [-0.15, -0.1) is 0 Å². The number of para-hydroxylation sites is 1. The Balaban J connectivity index is 2.26. The van der Waals surface area contributed by atoms with Crippen LogP contribution in [0.15, 0.2) is 24.3 Å². The minimum atomic E-state index is -3.50. The van der Waals surface area contributed by atoms with Crippen LogP contribution in [-0.4, -0.2) is 34.7 Å². The number of nitrogens with two attached hydrogens (primary N) is 1. The van der Waals surface area contributed by atoms with Gasteiger partial charge in [0.2, 0.25) is 10.0 Å². The first-order valence-corrected chi connectivity index (χ1v) is 7.19. The Morgan fingerprint density at radius 2 is 1.88 bits per heavy atom. The van der Waals surface area contributed by atoms with Crippen molar-refractivity contribution >= 4 is 15.7 Å². The molecule has 0 unspecified atom stereocenters. The molecule has 1 aromatic rings. The molecular formula is C11H16N2O3S. The van der Waals surface area contributed by atoms with Gasteiger partial charge in [0.05, 0.1) is 19.0 Å². The highest BCUT2D eigenvalue weighted by Crippen LogP contribution is 2.22. The van der Waals surface area contributed by atoms with Gasteiger partial charge >= 0.3 is 0 Å². The smallest absolute Gasteiger partial charge is 0.213 e. The maximum atomic E-state index is 11.2. The summed E-state index contributed by atoms with van der Waals surface area (Å²) in [7, 11) is -3.50. The number of benzene rings is 1. The van der Waals surface area contributed by atoms with Crippen molar-refractivity contribution in [3.63, 3.8) is 0 Å². The molecule has 0 aliphatic carbocycles. The number of hydrogen-bond donors (Lipinski definition) is 1. The molecule has 94 valence electrons. The lowest BCUT2D eigenvalue weighted by Crippen LogP contribution is -2.37. The number of sulfonamides is 1. The van der Waals surface area contributed by atoms with Gasteiger partial charge in [-0.3, -0.25) is 0 Å². The van der Waals surface area contributed by atoms with Crippen molar-refractivity contribution in [2.45, 2.75) is 5.75 Å². The van der Waals surface area contributed by atoms with E-state index in [4.69, 9.17) is 9.88 Å². The van der Waals surface area contributed by atoms with E-state index in [1.807, 2.05) is 18.2 Å². The van der Waals surface area contributed by atoms with Crippen molar-refractivity contribution in [3.05, 3.63) is 29.8 Å². The van der Waals surface area contributed by atoms with Crippen LogP contribution < -0.4 is 10.0 Å². The fourth-order valence-corrected chi connectivity index (χ4v) is 2.64. The van der Waals surface area contributed by atoms with Crippen molar-refractivity contribution in [1.29, 1.82) is 0 Å². The number of primary sulfonamides is 1. The van der Waals surface area contributed by atoms with Crippen LogP contribution in [-0.2, 0) is 20.5 Å². The Morgan fingerprint density at radius 1 is 1.24 bits per heavy atom. The van der Waals surface area contributed by atoms with Gasteiger partial charge in [0.1, 0.15) is 0 Å². The number of ether oxygens (including phenoxy) is 1. The second kappa shape index (κ2) is 5.03. The van der Waals surface area contributed by atoms with Gasteiger partial charge in [-0.1, -0.05) is 18.2 Å². The SMILES string of the molecule is NS(=O)(=O)Cc1ccccc1N1CCOCC1. The van der Waals surface area contributed by atoms with E-state index in [0.717, 1.165) is 24.3 Å². The third kappa shape index (κ3) is 3.42. The van der Waals surface area contributed by atoms with E-state index in [0.29, 0.717) is 13.2 Å². The zero-order valence-electron chi connectivity index (χ0n) is 9.50. The van der Waals surface area contributed by atoms with Crippen LogP contribution in [0, 0.1) is 0 Å². The van der Waals surface area contributed by atoms with Gasteiger partial charge < -0.3 is 9.64 Å². The fraction of sp³-hybridized carbons (Fsp3) is 0.455. The molecule has 0 radical (unpaired) electrons. The van der Waals surface area contributed by atoms with Gasteiger partial charge in [0.15, 0.2) is 0 Å². The lowest BCUT2D eigenvalue weighted by Gasteiger charge is -2.30. The van der Waals surface area contributed by atoms with Crippen LogP contribution in [0.25, 0.3) is 0 Å². The summed E-state index contributed by atoms with van der Waals surface area (Å²) in [5.74, 6) is -0.124. The van der Waals surface area contributed by atoms with E-state index < -0.39 is 10.0 Å². The van der Waals surface area contributed by atoms with E-state index in [1.54, 1.807) is 6.07 Å². The first kappa shape index (κ1) is 12.3. The highest BCUT2D eigenvalue weighted by molar-refractivity contribution is 7.88. The van der Waals surface area contributed by atoms with E-state index in [9.17, 15) is 8.42 Å². The first-order valence-electron chi connectivity index (χ1n) is 5.47. The summed E-state index contributed by atoms with van der Waals surface area (Å²) < 4.78 is 27.6. The van der Waals surface area contributed by atoms with Crippen LogP contribution >= 0.6 is 0 Å². The van der Waals surface area contributed by atoms with Crippen molar-refractivity contribution < 1.29 is 13.2 Å². The molecule has 0 bridgehead atoms. The van der Waals surface area contributed by atoms with Gasteiger partial charge in [-0.05, 0) is 11.6 Å². The molecule has 1 saturated heterocycles. The largest absolute Gasteiger partial charge is 0.378 e. The second-order valence-electron chi connectivity index (χ2n) is 4.04. The van der Waals surface area contributed by atoms with Crippen molar-refractivity contribution in [2.75, 3.05) is 31.2 Å². The zero-order chi connectivity index (χ0) is 12.3. The Morgan fingerprint density at radius 3 is 2.53 bits per heavy atom. The van der Waals surface area contributed by atoms with Crippen molar-refractivity contribution in [3.8, 4) is 0 Å². The lowest BCUT2D eigenvalue weighted by atomic mass is 10.1. The minimum absolute atomic E-state index is 0.124. The van der Waals surface area contributed by atoms with Crippen LogP contribution in [0.1, 0.15) is 5.56 Å². The lowest BCUT2D eigenvalue weighted by molar-refractivity contribution is 0.122. The summed E-state index contributed by atoms with van der Waals surface area (Å²) in [5.41, 5.74) is 1.68. The topological polar surface area (TPSA) is 72.6 Å². The third-order valence-corrected chi connectivity index (χ3v) is 3.41.